The predicted octanol–water partition coefficient (Wildman–Crippen LogP) is 2.10. The molecule has 0 atom stereocenters. The van der Waals surface area contributed by atoms with Gasteiger partial charge in [0.05, 0.1) is 11.9 Å². The van der Waals surface area contributed by atoms with Crippen molar-refractivity contribution in [3.8, 4) is 11.5 Å². The van der Waals surface area contributed by atoms with Crippen molar-refractivity contribution in [2.24, 2.45) is 0 Å². The van der Waals surface area contributed by atoms with E-state index in [-0.39, 0.29) is 12.5 Å². The van der Waals surface area contributed by atoms with Gasteiger partial charge in [0.1, 0.15) is 6.54 Å². The van der Waals surface area contributed by atoms with Crippen LogP contribution in [0, 0.1) is 11.6 Å². The van der Waals surface area contributed by atoms with Gasteiger partial charge in [-0.15, -0.1) is 0 Å². The normalized spacial score (nSPS) is 12.7. The van der Waals surface area contributed by atoms with E-state index in [1.807, 2.05) is 0 Å². The molecular weight excluding hydrogens is 370 g/mol. The zero-order valence-electron chi connectivity index (χ0n) is 13.5. The zero-order valence-corrected chi connectivity index (χ0v) is 14.3. The number of halogens is 2. The Kier molecular flexibility index (Phi) is 4.68. The van der Waals surface area contributed by atoms with Gasteiger partial charge in [-0.2, -0.15) is 0 Å². The van der Waals surface area contributed by atoms with Gasteiger partial charge in [0.15, 0.2) is 23.1 Å². The van der Waals surface area contributed by atoms with Crippen LogP contribution in [-0.4, -0.2) is 33.9 Å². The van der Waals surface area contributed by atoms with E-state index in [0.717, 1.165) is 18.4 Å². The molecule has 1 aliphatic heterocycles. The van der Waals surface area contributed by atoms with Crippen molar-refractivity contribution in [1.82, 2.24) is 0 Å². The van der Waals surface area contributed by atoms with Gasteiger partial charge in [-0.25, -0.2) is 17.2 Å². The fourth-order valence-electron chi connectivity index (χ4n) is 2.35. The van der Waals surface area contributed by atoms with E-state index in [1.54, 1.807) is 12.1 Å². The lowest BCUT2D eigenvalue weighted by Gasteiger charge is -2.22. The fraction of sp³-hybridized carbons (Fsp3) is 0.188. The molecule has 0 radical (unpaired) electrons. The highest BCUT2D eigenvalue weighted by Gasteiger charge is 2.22. The zero-order chi connectivity index (χ0) is 18.9. The Balaban J connectivity index is 1.78. The molecule has 2 aromatic rings. The number of hydrogen-bond donors (Lipinski definition) is 1. The lowest BCUT2D eigenvalue weighted by Crippen LogP contribution is -2.37. The smallest absolute Gasteiger partial charge is 0.245 e. The van der Waals surface area contributed by atoms with Gasteiger partial charge in [-0.3, -0.25) is 9.10 Å². The molecule has 26 heavy (non-hydrogen) atoms. The molecular formula is C16H14F2N2O5S. The molecule has 1 amide bonds. The molecule has 0 unspecified atom stereocenters. The summed E-state index contributed by atoms with van der Waals surface area (Å²) in [6.45, 7) is -0.539. The third kappa shape index (κ3) is 3.85. The summed E-state index contributed by atoms with van der Waals surface area (Å²) in [4.78, 5) is 12.2. The second-order valence-electron chi connectivity index (χ2n) is 5.48. The first kappa shape index (κ1) is 17.9. The first-order valence-corrected chi connectivity index (χ1v) is 9.21. The minimum atomic E-state index is -3.91. The van der Waals surface area contributed by atoms with Gasteiger partial charge in [0.25, 0.3) is 0 Å². The van der Waals surface area contributed by atoms with Crippen molar-refractivity contribution in [3.05, 3.63) is 48.0 Å². The SMILES string of the molecule is CS(=O)(=O)N(CC(=O)Nc1ccc2c(c1)OCO2)c1ccc(F)c(F)c1. The molecule has 0 spiro atoms. The number of nitrogens with zero attached hydrogens (tertiary/aromatic N) is 1. The van der Waals surface area contributed by atoms with Crippen LogP contribution in [0.25, 0.3) is 0 Å². The lowest BCUT2D eigenvalue weighted by molar-refractivity contribution is -0.114. The van der Waals surface area contributed by atoms with E-state index in [9.17, 15) is 22.0 Å². The standard InChI is InChI=1S/C16H14F2N2O5S/c1-26(22,23)20(11-3-4-12(17)13(18)7-11)8-16(21)19-10-2-5-14-15(6-10)25-9-24-14/h2-7H,8-9H2,1H3,(H,19,21). The summed E-state index contributed by atoms with van der Waals surface area (Å²) in [6, 6.07) is 7.27. The molecule has 1 aliphatic rings. The van der Waals surface area contributed by atoms with Crippen LogP contribution in [0.2, 0.25) is 0 Å². The van der Waals surface area contributed by atoms with Gasteiger partial charge >= 0.3 is 0 Å². The highest BCUT2D eigenvalue weighted by molar-refractivity contribution is 7.92. The molecule has 0 saturated heterocycles. The topological polar surface area (TPSA) is 84.9 Å². The van der Waals surface area contributed by atoms with Crippen LogP contribution in [0.5, 0.6) is 11.5 Å². The minimum Gasteiger partial charge on any atom is -0.454 e. The van der Waals surface area contributed by atoms with Gasteiger partial charge in [0.2, 0.25) is 22.7 Å². The van der Waals surface area contributed by atoms with E-state index in [1.165, 1.54) is 6.07 Å². The van der Waals surface area contributed by atoms with Gasteiger partial charge < -0.3 is 14.8 Å². The molecule has 3 rings (SSSR count). The average Bonchev–Trinajstić information content (AvgIpc) is 3.02. The molecule has 0 bridgehead atoms. The lowest BCUT2D eigenvalue weighted by atomic mass is 10.2. The maximum atomic E-state index is 13.4. The van der Waals surface area contributed by atoms with Crippen molar-refractivity contribution >= 4 is 27.3 Å². The van der Waals surface area contributed by atoms with Crippen molar-refractivity contribution in [3.63, 3.8) is 0 Å². The Bertz CT molecular complexity index is 965. The maximum absolute atomic E-state index is 13.4. The van der Waals surface area contributed by atoms with Crippen LogP contribution in [-0.2, 0) is 14.8 Å². The molecule has 1 N–H and O–H groups in total. The number of anilines is 2. The largest absolute Gasteiger partial charge is 0.454 e. The van der Waals surface area contributed by atoms with Crippen molar-refractivity contribution in [1.29, 1.82) is 0 Å². The number of rotatable bonds is 5. The van der Waals surface area contributed by atoms with Crippen LogP contribution in [0.4, 0.5) is 20.2 Å². The summed E-state index contributed by atoms with van der Waals surface area (Å²) in [7, 11) is -3.91. The van der Waals surface area contributed by atoms with Crippen LogP contribution < -0.4 is 19.1 Å². The van der Waals surface area contributed by atoms with E-state index < -0.39 is 34.1 Å². The summed E-state index contributed by atoms with van der Waals surface area (Å²) in [6.07, 6.45) is 0.863. The Morgan fingerprint density at radius 2 is 1.85 bits per heavy atom. The summed E-state index contributed by atoms with van der Waals surface area (Å²) >= 11 is 0. The average molecular weight is 384 g/mol. The van der Waals surface area contributed by atoms with Crippen LogP contribution in [0.3, 0.4) is 0 Å². The second kappa shape index (κ2) is 6.79. The molecule has 10 heteroatoms. The molecule has 2 aromatic carbocycles. The molecule has 0 saturated carbocycles. The molecule has 0 aromatic heterocycles. The second-order valence-corrected chi connectivity index (χ2v) is 7.39. The van der Waals surface area contributed by atoms with Crippen LogP contribution in [0.1, 0.15) is 0 Å². The maximum Gasteiger partial charge on any atom is 0.245 e. The highest BCUT2D eigenvalue weighted by Crippen LogP contribution is 2.34. The van der Waals surface area contributed by atoms with Crippen molar-refractivity contribution in [2.75, 3.05) is 29.2 Å². The summed E-state index contributed by atoms with van der Waals surface area (Å²) in [5, 5.41) is 2.52. The number of fused-ring (bicyclic) bond motifs is 1. The Hall–Kier alpha value is -2.88. The van der Waals surface area contributed by atoms with E-state index in [4.69, 9.17) is 9.47 Å². The number of nitrogens with one attached hydrogen (secondary N) is 1. The fourth-order valence-corrected chi connectivity index (χ4v) is 3.19. The Labute approximate surface area is 148 Å². The predicted molar refractivity (Wildman–Crippen MR) is 89.7 cm³/mol. The van der Waals surface area contributed by atoms with E-state index >= 15 is 0 Å². The summed E-state index contributed by atoms with van der Waals surface area (Å²) in [5.41, 5.74) is 0.213. The number of carbonyl (C=O) groups is 1. The third-order valence-electron chi connectivity index (χ3n) is 3.54. The first-order chi connectivity index (χ1) is 12.2. The number of hydrogen-bond acceptors (Lipinski definition) is 5. The molecule has 138 valence electrons. The molecule has 0 fully saturated rings. The first-order valence-electron chi connectivity index (χ1n) is 7.36. The molecule has 7 nitrogen and oxygen atoms in total. The molecule has 0 aliphatic carbocycles. The van der Waals surface area contributed by atoms with Crippen molar-refractivity contribution < 1.29 is 31.5 Å². The summed E-state index contributed by atoms with van der Waals surface area (Å²) in [5.74, 6) is -2.02. The van der Waals surface area contributed by atoms with Gasteiger partial charge in [0, 0.05) is 17.8 Å². The monoisotopic (exact) mass is 384 g/mol. The minimum absolute atomic E-state index is 0.0741. The number of ether oxygens (including phenoxy) is 2. The third-order valence-corrected chi connectivity index (χ3v) is 4.68. The number of amides is 1. The number of benzene rings is 2. The Morgan fingerprint density at radius 1 is 1.12 bits per heavy atom. The van der Waals surface area contributed by atoms with Crippen LogP contribution >= 0.6 is 0 Å². The number of carbonyl (C=O) groups excluding carboxylic acids is 1. The number of sulfonamides is 1. The van der Waals surface area contributed by atoms with E-state index in [0.29, 0.717) is 27.6 Å². The van der Waals surface area contributed by atoms with Gasteiger partial charge in [-0.1, -0.05) is 0 Å². The summed E-state index contributed by atoms with van der Waals surface area (Å²) < 4.78 is 61.4. The Morgan fingerprint density at radius 3 is 2.54 bits per heavy atom. The van der Waals surface area contributed by atoms with E-state index in [2.05, 4.69) is 5.32 Å². The highest BCUT2D eigenvalue weighted by atomic mass is 32.2. The quantitative estimate of drug-likeness (QED) is 0.853. The van der Waals surface area contributed by atoms with Crippen LogP contribution in [0.15, 0.2) is 36.4 Å². The molecule has 1 heterocycles. The van der Waals surface area contributed by atoms with Gasteiger partial charge in [-0.05, 0) is 24.3 Å². The van der Waals surface area contributed by atoms with Crippen molar-refractivity contribution in [2.45, 2.75) is 0 Å².